The van der Waals surface area contributed by atoms with Gasteiger partial charge in [0.2, 0.25) is 5.78 Å². The summed E-state index contributed by atoms with van der Waals surface area (Å²) in [6.07, 6.45) is 0. The Morgan fingerprint density at radius 1 is 1.21 bits per heavy atom. The molecule has 0 aliphatic rings. The summed E-state index contributed by atoms with van der Waals surface area (Å²) in [5, 5.41) is 1.91. The van der Waals surface area contributed by atoms with Crippen LogP contribution in [0.3, 0.4) is 0 Å². The molecule has 0 bridgehead atoms. The summed E-state index contributed by atoms with van der Waals surface area (Å²) in [4.78, 5) is 12.6. The molecule has 2 rings (SSSR count). The smallest absolute Gasteiger partial charge is 0.202 e. The van der Waals surface area contributed by atoms with E-state index in [4.69, 9.17) is 0 Å². The second kappa shape index (κ2) is 4.07. The van der Waals surface area contributed by atoms with Crippen LogP contribution in [0.1, 0.15) is 15.2 Å². The Balaban J connectivity index is 2.37. The highest BCUT2D eigenvalue weighted by molar-refractivity contribution is 9.10. The minimum absolute atomic E-state index is 0.0845. The molecule has 0 amide bonds. The summed E-state index contributed by atoms with van der Waals surface area (Å²) >= 11 is 4.81. The summed E-state index contributed by atoms with van der Waals surface area (Å²) in [5.74, 6) is 0.0845. The number of thiophene rings is 1. The third-order valence-corrected chi connectivity index (χ3v) is 3.19. The number of halogens is 1. The highest BCUT2D eigenvalue weighted by Crippen LogP contribution is 2.18. The summed E-state index contributed by atoms with van der Waals surface area (Å²) in [5.41, 5.74) is 0.724. The van der Waals surface area contributed by atoms with E-state index in [-0.39, 0.29) is 5.78 Å². The van der Waals surface area contributed by atoms with Crippen molar-refractivity contribution in [1.29, 1.82) is 0 Å². The number of carbonyl (C=O) groups is 1. The average Bonchev–Trinajstić information content (AvgIpc) is 2.69. The van der Waals surface area contributed by atoms with Crippen LogP contribution in [0.15, 0.2) is 46.3 Å². The number of carbonyl (C=O) groups excluding carboxylic acids is 1. The second-order valence-electron chi connectivity index (χ2n) is 2.82. The molecule has 1 nitrogen and oxygen atoms in total. The fourth-order valence-electron chi connectivity index (χ4n) is 1.18. The van der Waals surface area contributed by atoms with Gasteiger partial charge in [0.25, 0.3) is 0 Å². The lowest BCUT2D eigenvalue weighted by Gasteiger charge is -1.97. The summed E-state index contributed by atoms with van der Waals surface area (Å²) < 4.78 is 0.930. The van der Waals surface area contributed by atoms with Gasteiger partial charge in [0.05, 0.1) is 4.88 Å². The highest BCUT2D eigenvalue weighted by Gasteiger charge is 2.09. The van der Waals surface area contributed by atoms with Gasteiger partial charge in [0, 0.05) is 10.0 Å². The van der Waals surface area contributed by atoms with Gasteiger partial charge >= 0.3 is 0 Å². The number of hydrogen-bond donors (Lipinski definition) is 0. The molecule has 0 saturated carbocycles. The van der Waals surface area contributed by atoms with E-state index in [1.807, 2.05) is 41.8 Å². The quantitative estimate of drug-likeness (QED) is 0.757. The van der Waals surface area contributed by atoms with E-state index in [1.165, 1.54) is 11.3 Å². The van der Waals surface area contributed by atoms with Crippen LogP contribution in [-0.2, 0) is 0 Å². The maximum atomic E-state index is 11.8. The molecule has 3 heteroatoms. The molecular weight excluding hydrogens is 260 g/mol. The van der Waals surface area contributed by atoms with Crippen molar-refractivity contribution in [2.24, 2.45) is 0 Å². The number of hydrogen-bond acceptors (Lipinski definition) is 2. The Morgan fingerprint density at radius 3 is 2.71 bits per heavy atom. The van der Waals surface area contributed by atoms with Gasteiger partial charge in [-0.05, 0) is 23.6 Å². The zero-order chi connectivity index (χ0) is 9.97. The Bertz CT molecular complexity index is 448. The average molecular weight is 267 g/mol. The third kappa shape index (κ3) is 1.94. The van der Waals surface area contributed by atoms with Crippen LogP contribution in [-0.4, -0.2) is 5.78 Å². The molecule has 0 N–H and O–H groups in total. The molecule has 0 aliphatic heterocycles. The minimum atomic E-state index is 0.0845. The molecule has 0 spiro atoms. The van der Waals surface area contributed by atoms with Crippen molar-refractivity contribution in [3.05, 3.63) is 56.7 Å². The van der Waals surface area contributed by atoms with Crippen molar-refractivity contribution in [3.63, 3.8) is 0 Å². The van der Waals surface area contributed by atoms with E-state index in [0.29, 0.717) is 0 Å². The van der Waals surface area contributed by atoms with Gasteiger partial charge < -0.3 is 0 Å². The SMILES string of the molecule is O=C(c1cccc(Br)c1)c1cccs1. The largest absolute Gasteiger partial charge is 0.288 e. The van der Waals surface area contributed by atoms with Gasteiger partial charge in [-0.15, -0.1) is 11.3 Å². The summed E-state index contributed by atoms with van der Waals surface area (Å²) in [7, 11) is 0. The lowest BCUT2D eigenvalue weighted by molar-refractivity contribution is 0.104. The molecule has 1 heterocycles. The third-order valence-electron chi connectivity index (χ3n) is 1.83. The number of rotatable bonds is 2. The molecule has 0 atom stereocenters. The van der Waals surface area contributed by atoms with Gasteiger partial charge in [-0.2, -0.15) is 0 Å². The van der Waals surface area contributed by atoms with Crippen LogP contribution in [0.2, 0.25) is 0 Å². The Morgan fingerprint density at radius 2 is 2.07 bits per heavy atom. The van der Waals surface area contributed by atoms with Crippen LogP contribution in [0.5, 0.6) is 0 Å². The van der Waals surface area contributed by atoms with Crippen molar-refractivity contribution < 1.29 is 4.79 Å². The predicted molar refractivity (Wildman–Crippen MR) is 61.9 cm³/mol. The van der Waals surface area contributed by atoms with Crippen LogP contribution >= 0.6 is 27.3 Å². The van der Waals surface area contributed by atoms with Crippen LogP contribution < -0.4 is 0 Å². The molecule has 0 fully saturated rings. The molecule has 0 saturated heterocycles. The number of benzene rings is 1. The van der Waals surface area contributed by atoms with E-state index in [9.17, 15) is 4.79 Å². The Hall–Kier alpha value is -0.930. The summed E-state index contributed by atoms with van der Waals surface area (Å²) in [6.45, 7) is 0. The molecule has 0 radical (unpaired) electrons. The Labute approximate surface area is 94.5 Å². The summed E-state index contributed by atoms with van der Waals surface area (Å²) in [6, 6.07) is 11.2. The first-order valence-corrected chi connectivity index (χ1v) is 5.78. The van der Waals surface area contributed by atoms with Crippen molar-refractivity contribution in [3.8, 4) is 0 Å². The van der Waals surface area contributed by atoms with E-state index in [0.717, 1.165) is 14.9 Å². The first-order valence-electron chi connectivity index (χ1n) is 4.11. The molecule has 0 unspecified atom stereocenters. The van der Waals surface area contributed by atoms with E-state index < -0.39 is 0 Å². The van der Waals surface area contributed by atoms with E-state index >= 15 is 0 Å². The highest BCUT2D eigenvalue weighted by atomic mass is 79.9. The van der Waals surface area contributed by atoms with Crippen molar-refractivity contribution in [1.82, 2.24) is 0 Å². The first kappa shape index (κ1) is 9.62. The Kier molecular flexibility index (Phi) is 2.79. The standard InChI is InChI=1S/C11H7BrOS/c12-9-4-1-3-8(7-9)11(13)10-5-2-6-14-10/h1-7H. The van der Waals surface area contributed by atoms with Gasteiger partial charge in [0.15, 0.2) is 0 Å². The topological polar surface area (TPSA) is 17.1 Å². The van der Waals surface area contributed by atoms with Crippen LogP contribution in [0.25, 0.3) is 0 Å². The normalized spacial score (nSPS) is 10.1. The van der Waals surface area contributed by atoms with E-state index in [1.54, 1.807) is 0 Å². The maximum absolute atomic E-state index is 11.8. The number of ketones is 1. The second-order valence-corrected chi connectivity index (χ2v) is 4.68. The van der Waals surface area contributed by atoms with Crippen molar-refractivity contribution >= 4 is 33.0 Å². The molecular formula is C11H7BrOS. The molecule has 1 aromatic heterocycles. The predicted octanol–water partition coefficient (Wildman–Crippen LogP) is 3.74. The lowest BCUT2D eigenvalue weighted by Crippen LogP contribution is -1.97. The monoisotopic (exact) mass is 266 g/mol. The lowest BCUT2D eigenvalue weighted by atomic mass is 10.1. The maximum Gasteiger partial charge on any atom is 0.202 e. The zero-order valence-electron chi connectivity index (χ0n) is 7.24. The van der Waals surface area contributed by atoms with Gasteiger partial charge in [-0.1, -0.05) is 34.1 Å². The zero-order valence-corrected chi connectivity index (χ0v) is 9.64. The van der Waals surface area contributed by atoms with Gasteiger partial charge in [0.1, 0.15) is 0 Å². The van der Waals surface area contributed by atoms with Crippen molar-refractivity contribution in [2.75, 3.05) is 0 Å². The van der Waals surface area contributed by atoms with E-state index in [2.05, 4.69) is 15.9 Å². The minimum Gasteiger partial charge on any atom is -0.288 e. The van der Waals surface area contributed by atoms with Crippen LogP contribution in [0.4, 0.5) is 0 Å². The molecule has 14 heavy (non-hydrogen) atoms. The molecule has 0 aliphatic carbocycles. The van der Waals surface area contributed by atoms with Gasteiger partial charge in [-0.3, -0.25) is 4.79 Å². The fraction of sp³-hybridized carbons (Fsp3) is 0. The van der Waals surface area contributed by atoms with Crippen LogP contribution in [0, 0.1) is 0 Å². The first-order chi connectivity index (χ1) is 6.77. The molecule has 1 aromatic carbocycles. The molecule has 2 aromatic rings. The molecule has 70 valence electrons. The van der Waals surface area contributed by atoms with Crippen molar-refractivity contribution in [2.45, 2.75) is 0 Å². The van der Waals surface area contributed by atoms with Gasteiger partial charge in [-0.25, -0.2) is 0 Å². The fourth-order valence-corrected chi connectivity index (χ4v) is 2.26.